The number of halogens is 3. The molecule has 0 aliphatic carbocycles. The van der Waals surface area contributed by atoms with Gasteiger partial charge in [-0.2, -0.15) is 0 Å². The van der Waals surface area contributed by atoms with Crippen molar-refractivity contribution in [3.63, 3.8) is 0 Å². The van der Waals surface area contributed by atoms with Gasteiger partial charge in [-0.05, 0) is 38.5 Å². The molecule has 0 heterocycles. The topological polar surface area (TPSA) is 44.7 Å². The molecule has 0 aliphatic rings. The molecule has 1 N–H and O–H groups in total. The average Bonchev–Trinajstić information content (AvgIpc) is 2.46. The normalized spacial score (nSPS) is 13.2. The van der Waals surface area contributed by atoms with Crippen molar-refractivity contribution >= 4 is 63.9 Å². The lowest BCUT2D eigenvalue weighted by Gasteiger charge is -2.23. The van der Waals surface area contributed by atoms with Crippen molar-refractivity contribution in [2.24, 2.45) is 4.99 Å². The van der Waals surface area contributed by atoms with Crippen LogP contribution in [0.5, 0.6) is 0 Å². The van der Waals surface area contributed by atoms with Crippen LogP contribution in [0.4, 0.5) is 0 Å². The van der Waals surface area contributed by atoms with E-state index in [2.05, 4.69) is 10.3 Å². The lowest BCUT2D eigenvalue weighted by molar-refractivity contribution is 0.479. The number of aliphatic imine (C=N–C) groups is 1. The average molecular weight is 506 g/mol. The molecule has 1 unspecified atom stereocenters. The zero-order chi connectivity index (χ0) is 17.6. The van der Waals surface area contributed by atoms with E-state index in [0.29, 0.717) is 28.9 Å². The molecule has 8 heteroatoms. The second-order valence-corrected chi connectivity index (χ2v) is 9.38. The Balaban J connectivity index is 0.00000529. The fourth-order valence-electron chi connectivity index (χ4n) is 1.93. The van der Waals surface area contributed by atoms with Gasteiger partial charge in [0.15, 0.2) is 5.96 Å². The maximum absolute atomic E-state index is 12.1. The molecular weight excluding hydrogens is 480 g/mol. The Labute approximate surface area is 174 Å². The molecule has 0 spiro atoms. The summed E-state index contributed by atoms with van der Waals surface area (Å²) in [5.74, 6) is 1.34. The van der Waals surface area contributed by atoms with E-state index < -0.39 is 10.8 Å². The summed E-state index contributed by atoms with van der Waals surface area (Å²) in [6, 6.07) is 5.57. The highest BCUT2D eigenvalue weighted by atomic mass is 127. The maximum Gasteiger partial charge on any atom is 0.193 e. The Morgan fingerprint density at radius 1 is 1.29 bits per heavy atom. The van der Waals surface area contributed by atoms with E-state index in [-0.39, 0.29) is 28.7 Å². The summed E-state index contributed by atoms with van der Waals surface area (Å²) in [6.07, 6.45) is 0. The van der Waals surface area contributed by atoms with Gasteiger partial charge in [0, 0.05) is 48.5 Å². The van der Waals surface area contributed by atoms with Crippen LogP contribution in [0, 0.1) is 0 Å². The Bertz CT molecular complexity index is 591. The predicted octanol–water partition coefficient (Wildman–Crippen LogP) is 4.17. The van der Waals surface area contributed by atoms with Crippen molar-refractivity contribution in [2.45, 2.75) is 32.1 Å². The highest BCUT2D eigenvalue weighted by molar-refractivity contribution is 14.0. The molecule has 0 aliphatic heterocycles. The van der Waals surface area contributed by atoms with E-state index in [0.717, 1.165) is 11.5 Å². The van der Waals surface area contributed by atoms with E-state index >= 15 is 0 Å². The summed E-state index contributed by atoms with van der Waals surface area (Å²) in [7, 11) is 2.79. The first-order chi connectivity index (χ1) is 10.6. The summed E-state index contributed by atoms with van der Waals surface area (Å²) < 4.78 is 11.9. The van der Waals surface area contributed by atoms with E-state index in [4.69, 9.17) is 23.2 Å². The summed E-state index contributed by atoms with van der Waals surface area (Å²) in [6.45, 7) is 7.21. The first-order valence-corrected chi connectivity index (χ1v) is 9.47. The molecule has 0 aromatic heterocycles. The third-order valence-electron chi connectivity index (χ3n) is 3.23. The Morgan fingerprint density at radius 2 is 1.92 bits per heavy atom. The standard InChI is InChI=1S/C16H25Cl2N3OS.HI/c1-16(2,3)23(22)9-8-20-15(19-4)21(5)11-12-6-7-13(17)14(18)10-12;/h6-7,10H,8-9,11H2,1-5H3,(H,19,20);1H. The van der Waals surface area contributed by atoms with Crippen LogP contribution in [0.15, 0.2) is 23.2 Å². The Hall–Kier alpha value is -0.0500. The molecule has 1 rings (SSSR count). The molecule has 0 amide bonds. The second-order valence-electron chi connectivity index (χ2n) is 6.24. The van der Waals surface area contributed by atoms with E-state index in [9.17, 15) is 4.21 Å². The van der Waals surface area contributed by atoms with Crippen molar-refractivity contribution in [1.29, 1.82) is 0 Å². The van der Waals surface area contributed by atoms with Crippen molar-refractivity contribution in [3.05, 3.63) is 33.8 Å². The lowest BCUT2D eigenvalue weighted by atomic mass is 10.2. The van der Waals surface area contributed by atoms with Crippen LogP contribution in [-0.4, -0.2) is 46.2 Å². The molecule has 138 valence electrons. The van der Waals surface area contributed by atoms with Crippen LogP contribution >= 0.6 is 47.2 Å². The molecule has 0 bridgehead atoms. The first-order valence-electron chi connectivity index (χ1n) is 7.39. The fraction of sp³-hybridized carbons (Fsp3) is 0.562. The van der Waals surface area contributed by atoms with Gasteiger partial charge in [0.05, 0.1) is 10.0 Å². The number of nitrogens with one attached hydrogen (secondary N) is 1. The molecule has 0 fully saturated rings. The van der Waals surface area contributed by atoms with Crippen molar-refractivity contribution in [1.82, 2.24) is 10.2 Å². The number of benzene rings is 1. The van der Waals surface area contributed by atoms with Crippen LogP contribution in [-0.2, 0) is 17.3 Å². The van der Waals surface area contributed by atoms with Crippen LogP contribution in [0.2, 0.25) is 10.0 Å². The number of hydrogen-bond donors (Lipinski definition) is 1. The van der Waals surface area contributed by atoms with Crippen LogP contribution in [0.3, 0.4) is 0 Å². The molecule has 24 heavy (non-hydrogen) atoms. The number of guanidine groups is 1. The molecule has 0 saturated carbocycles. The van der Waals surface area contributed by atoms with Crippen molar-refractivity contribution in [2.75, 3.05) is 26.4 Å². The van der Waals surface area contributed by atoms with E-state index in [1.54, 1.807) is 13.1 Å². The minimum Gasteiger partial charge on any atom is -0.355 e. The summed E-state index contributed by atoms with van der Waals surface area (Å²) in [4.78, 5) is 6.24. The van der Waals surface area contributed by atoms with Crippen molar-refractivity contribution < 1.29 is 4.21 Å². The largest absolute Gasteiger partial charge is 0.355 e. The summed E-state index contributed by atoms with van der Waals surface area (Å²) in [5.41, 5.74) is 1.04. The molecule has 0 radical (unpaired) electrons. The maximum atomic E-state index is 12.1. The monoisotopic (exact) mass is 505 g/mol. The quantitative estimate of drug-likeness (QED) is 0.371. The fourth-order valence-corrected chi connectivity index (χ4v) is 3.15. The summed E-state index contributed by atoms with van der Waals surface area (Å²) in [5, 5.41) is 4.33. The number of hydrogen-bond acceptors (Lipinski definition) is 2. The van der Waals surface area contributed by atoms with Crippen LogP contribution in [0.1, 0.15) is 26.3 Å². The Kier molecular flexibility index (Phi) is 10.8. The minimum atomic E-state index is -0.881. The highest BCUT2D eigenvalue weighted by Gasteiger charge is 2.19. The predicted molar refractivity (Wildman–Crippen MR) is 117 cm³/mol. The lowest BCUT2D eigenvalue weighted by Crippen LogP contribution is -2.41. The minimum absolute atomic E-state index is 0. The van der Waals surface area contributed by atoms with Gasteiger partial charge in [-0.3, -0.25) is 9.20 Å². The second kappa shape index (κ2) is 10.8. The Morgan fingerprint density at radius 3 is 2.42 bits per heavy atom. The van der Waals surface area contributed by atoms with Gasteiger partial charge in [0.2, 0.25) is 0 Å². The SMILES string of the molecule is CN=C(NCCS(=O)C(C)(C)C)N(C)Cc1ccc(Cl)c(Cl)c1.I. The van der Waals surface area contributed by atoms with E-state index in [1.807, 2.05) is 44.9 Å². The van der Waals surface area contributed by atoms with Gasteiger partial charge >= 0.3 is 0 Å². The zero-order valence-corrected chi connectivity index (χ0v) is 19.4. The first kappa shape index (κ1) is 23.9. The van der Waals surface area contributed by atoms with Crippen LogP contribution in [0.25, 0.3) is 0 Å². The van der Waals surface area contributed by atoms with Gasteiger partial charge in [-0.1, -0.05) is 29.3 Å². The van der Waals surface area contributed by atoms with Gasteiger partial charge in [-0.15, -0.1) is 24.0 Å². The number of rotatable bonds is 5. The van der Waals surface area contributed by atoms with Gasteiger partial charge in [0.25, 0.3) is 0 Å². The molecule has 1 aromatic rings. The molecule has 1 aromatic carbocycles. The van der Waals surface area contributed by atoms with Gasteiger partial charge < -0.3 is 10.2 Å². The van der Waals surface area contributed by atoms with E-state index in [1.165, 1.54) is 0 Å². The molecule has 0 saturated heterocycles. The third-order valence-corrected chi connectivity index (χ3v) is 5.91. The highest BCUT2D eigenvalue weighted by Crippen LogP contribution is 2.23. The smallest absolute Gasteiger partial charge is 0.193 e. The molecule has 4 nitrogen and oxygen atoms in total. The van der Waals surface area contributed by atoms with Gasteiger partial charge in [0.1, 0.15) is 0 Å². The molecular formula is C16H26Cl2IN3OS. The van der Waals surface area contributed by atoms with Crippen LogP contribution < -0.4 is 5.32 Å². The third kappa shape index (κ3) is 7.89. The molecule has 1 atom stereocenters. The number of nitrogens with zero attached hydrogens (tertiary/aromatic N) is 2. The van der Waals surface area contributed by atoms with Gasteiger partial charge in [-0.25, -0.2) is 0 Å². The van der Waals surface area contributed by atoms with Crippen molar-refractivity contribution in [3.8, 4) is 0 Å². The zero-order valence-electron chi connectivity index (χ0n) is 14.7. The summed E-state index contributed by atoms with van der Waals surface area (Å²) >= 11 is 12.0.